The molecule has 0 bridgehead atoms. The first-order valence-corrected chi connectivity index (χ1v) is 5.21. The quantitative estimate of drug-likeness (QED) is 0.721. The molecule has 0 fully saturated rings. The predicted molar refractivity (Wildman–Crippen MR) is 60.8 cm³/mol. The van der Waals surface area contributed by atoms with E-state index in [1.54, 1.807) is 14.0 Å². The van der Waals surface area contributed by atoms with Gasteiger partial charge >= 0.3 is 5.97 Å². The summed E-state index contributed by atoms with van der Waals surface area (Å²) in [5.41, 5.74) is 0.927. The zero-order valence-corrected chi connectivity index (χ0v) is 9.51. The van der Waals surface area contributed by atoms with Gasteiger partial charge in [-0.15, -0.1) is 0 Å². The van der Waals surface area contributed by atoms with E-state index in [0.717, 1.165) is 5.56 Å². The van der Waals surface area contributed by atoms with Gasteiger partial charge in [-0.3, -0.25) is 4.79 Å². The van der Waals surface area contributed by atoms with Gasteiger partial charge < -0.3 is 15.2 Å². The van der Waals surface area contributed by atoms with E-state index in [1.165, 1.54) is 0 Å². The summed E-state index contributed by atoms with van der Waals surface area (Å²) >= 11 is 0. The zero-order chi connectivity index (χ0) is 12.0. The molecule has 0 aliphatic carbocycles. The average molecular weight is 223 g/mol. The highest BCUT2D eigenvalue weighted by Gasteiger charge is 2.22. The molecular formula is C12H17NO3. The molecule has 4 nitrogen and oxygen atoms in total. The number of benzene rings is 1. The molecule has 0 spiro atoms. The average Bonchev–Trinajstić information content (AvgIpc) is 2.28. The van der Waals surface area contributed by atoms with Gasteiger partial charge in [0.2, 0.25) is 0 Å². The van der Waals surface area contributed by atoms with Gasteiger partial charge in [-0.05, 0) is 19.5 Å². The minimum absolute atomic E-state index is 0.227. The van der Waals surface area contributed by atoms with E-state index < -0.39 is 18.1 Å². The number of hydrogen-bond donors (Lipinski definition) is 2. The molecule has 0 saturated carbocycles. The molecule has 2 N–H and O–H groups in total. The molecule has 0 radical (unpaired) electrons. The molecule has 0 aromatic heterocycles. The fourth-order valence-corrected chi connectivity index (χ4v) is 1.37. The van der Waals surface area contributed by atoms with E-state index in [9.17, 15) is 9.90 Å². The molecule has 88 valence electrons. The van der Waals surface area contributed by atoms with Crippen molar-refractivity contribution in [3.05, 3.63) is 35.9 Å². The molecule has 0 aliphatic heterocycles. The first-order chi connectivity index (χ1) is 7.65. The van der Waals surface area contributed by atoms with E-state index in [2.05, 4.69) is 5.32 Å². The fraction of sp³-hybridized carbons (Fsp3) is 0.417. The number of rotatable bonds is 5. The monoisotopic (exact) mass is 223 g/mol. The van der Waals surface area contributed by atoms with E-state index in [4.69, 9.17) is 4.74 Å². The highest BCUT2D eigenvalue weighted by atomic mass is 16.5. The standard InChI is InChI=1S/C12H17NO3/c1-9(14)11(13-2)12(15)16-8-10-6-4-3-5-7-10/h3-7,9,11,13-14H,8H2,1-2H3/t9-,11+/m1/s1. The Bertz CT molecular complexity index is 324. The van der Waals surface area contributed by atoms with Crippen LogP contribution in [0.15, 0.2) is 30.3 Å². The number of aliphatic hydroxyl groups excluding tert-OH is 1. The topological polar surface area (TPSA) is 58.6 Å². The molecule has 0 saturated heterocycles. The van der Waals surface area contributed by atoms with E-state index >= 15 is 0 Å². The summed E-state index contributed by atoms with van der Waals surface area (Å²) in [6.07, 6.45) is -0.770. The Morgan fingerprint density at radius 3 is 2.56 bits per heavy atom. The third-order valence-corrected chi connectivity index (χ3v) is 2.27. The molecule has 0 aliphatic rings. The second-order valence-corrected chi connectivity index (χ2v) is 3.60. The van der Waals surface area contributed by atoms with Crippen LogP contribution >= 0.6 is 0 Å². The lowest BCUT2D eigenvalue weighted by Crippen LogP contribution is -2.43. The Hall–Kier alpha value is -1.39. The molecule has 1 rings (SSSR count). The van der Waals surface area contributed by atoms with Gasteiger partial charge in [0.1, 0.15) is 12.6 Å². The van der Waals surface area contributed by atoms with Crippen LogP contribution in [0.5, 0.6) is 0 Å². The van der Waals surface area contributed by atoms with Gasteiger partial charge in [-0.25, -0.2) is 0 Å². The number of carbonyl (C=O) groups excluding carboxylic acids is 1. The third kappa shape index (κ3) is 3.64. The maximum absolute atomic E-state index is 11.5. The lowest BCUT2D eigenvalue weighted by Gasteiger charge is -2.17. The van der Waals surface area contributed by atoms with Crippen molar-refractivity contribution in [2.45, 2.75) is 25.7 Å². The number of likely N-dealkylation sites (N-methyl/N-ethyl adjacent to an activating group) is 1. The largest absolute Gasteiger partial charge is 0.460 e. The van der Waals surface area contributed by atoms with Crippen molar-refractivity contribution in [3.63, 3.8) is 0 Å². The fourth-order valence-electron chi connectivity index (χ4n) is 1.37. The van der Waals surface area contributed by atoms with Crippen LogP contribution in [-0.2, 0) is 16.1 Å². The third-order valence-electron chi connectivity index (χ3n) is 2.27. The van der Waals surface area contributed by atoms with Crippen molar-refractivity contribution in [2.24, 2.45) is 0 Å². The van der Waals surface area contributed by atoms with Crippen molar-refractivity contribution in [3.8, 4) is 0 Å². The zero-order valence-electron chi connectivity index (χ0n) is 9.51. The minimum atomic E-state index is -0.770. The molecular weight excluding hydrogens is 206 g/mol. The summed E-state index contributed by atoms with van der Waals surface area (Å²) in [5, 5.41) is 12.0. The SMILES string of the molecule is CN[C@H](C(=O)OCc1ccccc1)[C@@H](C)O. The lowest BCUT2D eigenvalue weighted by molar-refractivity contribution is -0.150. The summed E-state index contributed by atoms with van der Waals surface area (Å²) in [5.74, 6) is -0.443. The highest BCUT2D eigenvalue weighted by molar-refractivity contribution is 5.76. The second-order valence-electron chi connectivity index (χ2n) is 3.60. The molecule has 1 aromatic carbocycles. The number of nitrogens with one attached hydrogen (secondary N) is 1. The van der Waals surface area contributed by atoms with Crippen molar-refractivity contribution in [1.82, 2.24) is 5.32 Å². The van der Waals surface area contributed by atoms with Crippen molar-refractivity contribution in [1.29, 1.82) is 0 Å². The van der Waals surface area contributed by atoms with Crippen LogP contribution in [0.1, 0.15) is 12.5 Å². The molecule has 16 heavy (non-hydrogen) atoms. The van der Waals surface area contributed by atoms with Crippen LogP contribution in [0.25, 0.3) is 0 Å². The summed E-state index contributed by atoms with van der Waals surface area (Å²) in [6.45, 7) is 1.77. The van der Waals surface area contributed by atoms with Crippen molar-refractivity contribution in [2.75, 3.05) is 7.05 Å². The highest BCUT2D eigenvalue weighted by Crippen LogP contribution is 2.03. The van der Waals surface area contributed by atoms with Crippen LogP contribution < -0.4 is 5.32 Å². The molecule has 0 amide bonds. The van der Waals surface area contributed by atoms with Crippen molar-refractivity contribution >= 4 is 5.97 Å². The van der Waals surface area contributed by atoms with E-state index in [0.29, 0.717) is 0 Å². The Morgan fingerprint density at radius 2 is 2.06 bits per heavy atom. The van der Waals surface area contributed by atoms with E-state index in [-0.39, 0.29) is 6.61 Å². The van der Waals surface area contributed by atoms with Crippen LogP contribution in [-0.4, -0.2) is 30.3 Å². The first-order valence-electron chi connectivity index (χ1n) is 5.21. The normalized spacial score (nSPS) is 14.2. The van der Waals surface area contributed by atoms with Gasteiger partial charge in [0.25, 0.3) is 0 Å². The van der Waals surface area contributed by atoms with E-state index in [1.807, 2.05) is 30.3 Å². The number of hydrogen-bond acceptors (Lipinski definition) is 4. The molecule has 0 unspecified atom stereocenters. The lowest BCUT2D eigenvalue weighted by atomic mass is 10.2. The molecule has 2 atom stereocenters. The molecule has 4 heteroatoms. The summed E-state index contributed by atoms with van der Waals surface area (Å²) in [7, 11) is 1.61. The number of carbonyl (C=O) groups is 1. The van der Waals surface area contributed by atoms with Gasteiger partial charge in [0.05, 0.1) is 6.10 Å². The van der Waals surface area contributed by atoms with Gasteiger partial charge in [0, 0.05) is 0 Å². The maximum Gasteiger partial charge on any atom is 0.326 e. The summed E-state index contributed by atoms with van der Waals surface area (Å²) < 4.78 is 5.08. The minimum Gasteiger partial charge on any atom is -0.460 e. The van der Waals surface area contributed by atoms with Crippen LogP contribution in [0, 0.1) is 0 Å². The smallest absolute Gasteiger partial charge is 0.326 e. The maximum atomic E-state index is 11.5. The summed E-state index contributed by atoms with van der Waals surface area (Å²) in [4.78, 5) is 11.5. The molecule has 0 heterocycles. The first kappa shape index (κ1) is 12.7. The number of ether oxygens (including phenoxy) is 1. The Morgan fingerprint density at radius 1 is 1.44 bits per heavy atom. The predicted octanol–water partition coefficient (Wildman–Crippen LogP) is 0.699. The number of aliphatic hydroxyl groups is 1. The van der Waals surface area contributed by atoms with Crippen LogP contribution in [0.4, 0.5) is 0 Å². The Balaban J connectivity index is 2.46. The van der Waals surface area contributed by atoms with Gasteiger partial charge in [-0.1, -0.05) is 30.3 Å². The Kier molecular flexibility index (Phi) is 4.95. The van der Waals surface area contributed by atoms with Gasteiger partial charge in [0.15, 0.2) is 0 Å². The molecule has 1 aromatic rings. The Labute approximate surface area is 95.2 Å². The second kappa shape index (κ2) is 6.25. The van der Waals surface area contributed by atoms with Crippen LogP contribution in [0.3, 0.4) is 0 Å². The van der Waals surface area contributed by atoms with Gasteiger partial charge in [-0.2, -0.15) is 0 Å². The van der Waals surface area contributed by atoms with Crippen LogP contribution in [0.2, 0.25) is 0 Å². The number of esters is 1. The summed E-state index contributed by atoms with van der Waals surface area (Å²) in [6, 6.07) is 8.75. The van der Waals surface area contributed by atoms with Crippen molar-refractivity contribution < 1.29 is 14.6 Å².